The molecule has 1 aromatic rings. The summed E-state index contributed by atoms with van der Waals surface area (Å²) in [5.74, 6) is 0. The molecule has 118 valence electrons. The molecule has 1 N–H and O–H groups in total. The topological polar surface area (TPSA) is 12.0 Å². The highest BCUT2D eigenvalue weighted by atomic mass is 32.1. The maximum Gasteiger partial charge on any atom is 0.0470 e. The molecular weight excluding hydrogens is 310 g/mol. The van der Waals surface area contributed by atoms with E-state index in [4.69, 9.17) is 0 Å². The fourth-order valence-electron chi connectivity index (χ4n) is 3.30. The third kappa shape index (κ3) is 2.35. The molecular formula is C22H19NS. The van der Waals surface area contributed by atoms with Gasteiger partial charge in [-0.05, 0) is 46.9 Å². The minimum Gasteiger partial charge on any atom is -0.355 e. The van der Waals surface area contributed by atoms with Gasteiger partial charge in [0.05, 0.1) is 0 Å². The molecule has 0 saturated heterocycles. The molecule has 1 atom stereocenters. The number of hydrogen-bond donors (Lipinski definition) is 2. The largest absolute Gasteiger partial charge is 0.355 e. The lowest BCUT2D eigenvalue weighted by Crippen LogP contribution is -2.16. The lowest BCUT2D eigenvalue weighted by molar-refractivity contribution is 0.997. The smallest absolute Gasteiger partial charge is 0.0470 e. The number of thiol groups is 1. The summed E-state index contributed by atoms with van der Waals surface area (Å²) in [5, 5.41) is 3.55. The van der Waals surface area contributed by atoms with Gasteiger partial charge in [-0.25, -0.2) is 0 Å². The first-order valence-electron chi connectivity index (χ1n) is 7.99. The van der Waals surface area contributed by atoms with Crippen molar-refractivity contribution in [2.24, 2.45) is 0 Å². The molecule has 1 unspecified atom stereocenters. The van der Waals surface area contributed by atoms with E-state index in [9.17, 15) is 0 Å². The van der Waals surface area contributed by atoms with E-state index in [-0.39, 0.29) is 4.75 Å². The highest BCUT2D eigenvalue weighted by Crippen LogP contribution is 2.45. The van der Waals surface area contributed by atoms with Crippen LogP contribution in [0.15, 0.2) is 96.4 Å². The number of allylic oxidation sites excluding steroid dienone is 8. The van der Waals surface area contributed by atoms with Gasteiger partial charge in [-0.15, -0.1) is 0 Å². The summed E-state index contributed by atoms with van der Waals surface area (Å²) >= 11 is 4.65. The van der Waals surface area contributed by atoms with Gasteiger partial charge < -0.3 is 5.32 Å². The highest BCUT2D eigenvalue weighted by Gasteiger charge is 2.27. The van der Waals surface area contributed by atoms with Gasteiger partial charge in [0.1, 0.15) is 0 Å². The van der Waals surface area contributed by atoms with E-state index in [0.29, 0.717) is 0 Å². The van der Waals surface area contributed by atoms with E-state index in [1.807, 2.05) is 12.1 Å². The number of nitrogens with one attached hydrogen (secondary N) is 1. The second kappa shape index (κ2) is 5.29. The molecule has 2 aliphatic carbocycles. The van der Waals surface area contributed by atoms with Gasteiger partial charge in [-0.3, -0.25) is 0 Å². The fraction of sp³-hybridized carbons (Fsp3) is 0.0909. The van der Waals surface area contributed by atoms with E-state index < -0.39 is 0 Å². The second-order valence-corrected chi connectivity index (χ2v) is 7.47. The van der Waals surface area contributed by atoms with Crippen LogP contribution in [-0.2, 0) is 0 Å². The van der Waals surface area contributed by atoms with Crippen LogP contribution in [0.25, 0.3) is 11.1 Å². The van der Waals surface area contributed by atoms with Crippen molar-refractivity contribution in [3.63, 3.8) is 0 Å². The molecule has 0 fully saturated rings. The van der Waals surface area contributed by atoms with Gasteiger partial charge >= 0.3 is 0 Å². The van der Waals surface area contributed by atoms with Crippen LogP contribution in [0.2, 0.25) is 0 Å². The normalized spacial score (nSPS) is 24.9. The Bertz CT molecular complexity index is 895. The zero-order valence-corrected chi connectivity index (χ0v) is 14.5. The van der Waals surface area contributed by atoms with Gasteiger partial charge in [0, 0.05) is 21.7 Å². The van der Waals surface area contributed by atoms with Crippen molar-refractivity contribution >= 4 is 23.8 Å². The van der Waals surface area contributed by atoms with Gasteiger partial charge in [-0.1, -0.05) is 61.7 Å². The van der Waals surface area contributed by atoms with E-state index in [0.717, 1.165) is 33.7 Å². The molecule has 4 rings (SSSR count). The average Bonchev–Trinajstić information content (AvgIpc) is 2.72. The van der Waals surface area contributed by atoms with Crippen LogP contribution in [0, 0.1) is 0 Å². The fourth-order valence-corrected chi connectivity index (χ4v) is 3.45. The maximum atomic E-state index is 4.65. The Morgan fingerprint density at radius 2 is 1.50 bits per heavy atom. The first-order chi connectivity index (χ1) is 11.5. The zero-order chi connectivity index (χ0) is 16.9. The number of benzene rings is 1. The molecule has 1 aromatic carbocycles. The maximum absolute atomic E-state index is 4.65. The molecule has 2 heteroatoms. The first-order valence-corrected chi connectivity index (χ1v) is 8.44. The third-order valence-electron chi connectivity index (χ3n) is 4.65. The molecule has 0 spiro atoms. The summed E-state index contributed by atoms with van der Waals surface area (Å²) in [6.07, 6.45) is 12.6. The Kier molecular flexibility index (Phi) is 3.33. The molecule has 3 aliphatic rings. The summed E-state index contributed by atoms with van der Waals surface area (Å²) in [6.45, 7) is 10.7. The molecule has 0 saturated carbocycles. The van der Waals surface area contributed by atoms with Crippen LogP contribution in [-0.4, -0.2) is 4.75 Å². The second-order valence-electron chi connectivity index (χ2n) is 6.51. The average molecular weight is 329 g/mol. The van der Waals surface area contributed by atoms with E-state index in [1.54, 1.807) is 0 Å². The van der Waals surface area contributed by atoms with Crippen molar-refractivity contribution in [3.05, 3.63) is 108 Å². The van der Waals surface area contributed by atoms with Crippen molar-refractivity contribution in [1.82, 2.24) is 5.32 Å². The minimum atomic E-state index is -0.239. The Morgan fingerprint density at radius 1 is 0.875 bits per heavy atom. The van der Waals surface area contributed by atoms with Crippen molar-refractivity contribution in [3.8, 4) is 0 Å². The highest BCUT2D eigenvalue weighted by molar-refractivity contribution is 7.82. The summed E-state index contributed by atoms with van der Waals surface area (Å²) < 4.78 is -0.239. The van der Waals surface area contributed by atoms with Crippen molar-refractivity contribution in [2.75, 3.05) is 0 Å². The first kappa shape index (κ1) is 15.1. The molecule has 24 heavy (non-hydrogen) atoms. The third-order valence-corrected chi connectivity index (χ3v) is 4.95. The summed E-state index contributed by atoms with van der Waals surface area (Å²) in [5.41, 5.74) is 8.75. The van der Waals surface area contributed by atoms with E-state index in [1.165, 1.54) is 11.1 Å². The number of rotatable bonds is 0. The lowest BCUT2D eigenvalue weighted by atomic mass is 9.99. The Balaban J connectivity index is 1.77. The summed E-state index contributed by atoms with van der Waals surface area (Å²) in [4.78, 5) is 0. The zero-order valence-electron chi connectivity index (χ0n) is 13.6. The van der Waals surface area contributed by atoms with Gasteiger partial charge in [0.15, 0.2) is 0 Å². The monoisotopic (exact) mass is 329 g/mol. The van der Waals surface area contributed by atoms with Crippen LogP contribution >= 0.6 is 12.6 Å². The molecule has 0 bridgehead atoms. The van der Waals surface area contributed by atoms with Gasteiger partial charge in [0.2, 0.25) is 0 Å². The quantitative estimate of drug-likeness (QED) is 0.623. The minimum absolute atomic E-state index is 0.239. The Hall–Kier alpha value is -2.45. The summed E-state index contributed by atoms with van der Waals surface area (Å²) in [6, 6.07) is 8.30. The summed E-state index contributed by atoms with van der Waals surface area (Å²) in [7, 11) is 0. The number of fused-ring (bicyclic) bond motifs is 1. The van der Waals surface area contributed by atoms with Crippen LogP contribution in [0.5, 0.6) is 0 Å². The Labute approximate surface area is 148 Å². The predicted octanol–water partition coefficient (Wildman–Crippen LogP) is 5.21. The van der Waals surface area contributed by atoms with E-state index in [2.05, 4.69) is 86.6 Å². The molecule has 1 nitrogen and oxygen atoms in total. The van der Waals surface area contributed by atoms with Crippen molar-refractivity contribution < 1.29 is 0 Å². The SMILES string of the molecule is C=C1C(=C2C=CC3=C(C=CC(C)(S)C=C3)N2)C(=C)c2ccccc21. The van der Waals surface area contributed by atoms with Crippen LogP contribution in [0.3, 0.4) is 0 Å². The molecule has 0 amide bonds. The van der Waals surface area contributed by atoms with Crippen LogP contribution in [0.4, 0.5) is 0 Å². The van der Waals surface area contributed by atoms with E-state index >= 15 is 0 Å². The molecule has 0 aromatic heterocycles. The van der Waals surface area contributed by atoms with Crippen molar-refractivity contribution in [1.29, 1.82) is 0 Å². The van der Waals surface area contributed by atoms with Crippen LogP contribution in [0.1, 0.15) is 18.1 Å². The Morgan fingerprint density at radius 3 is 2.17 bits per heavy atom. The van der Waals surface area contributed by atoms with Gasteiger partial charge in [-0.2, -0.15) is 12.6 Å². The number of hydrogen-bond acceptors (Lipinski definition) is 2. The van der Waals surface area contributed by atoms with Gasteiger partial charge in [0.25, 0.3) is 0 Å². The molecule has 0 radical (unpaired) electrons. The van der Waals surface area contributed by atoms with Crippen molar-refractivity contribution in [2.45, 2.75) is 11.7 Å². The van der Waals surface area contributed by atoms with Crippen LogP contribution < -0.4 is 5.32 Å². The molecule has 1 heterocycles. The lowest BCUT2D eigenvalue weighted by Gasteiger charge is -2.19. The predicted molar refractivity (Wildman–Crippen MR) is 107 cm³/mol. The molecule has 1 aliphatic heterocycles. The standard InChI is InChI=1S/C22H19NS/c1-14-17-6-4-5-7-18(17)15(2)21(14)20-9-8-16-10-12-22(3,24)13-11-19(16)23-20/h4-13,23-24H,1-2H2,3H3. The number of dihydropyridines is 1.